The minimum absolute atomic E-state index is 0.0702. The predicted molar refractivity (Wildman–Crippen MR) is 78.9 cm³/mol. The number of aliphatic carboxylic acids is 1. The predicted octanol–water partition coefficient (Wildman–Crippen LogP) is 3.25. The molecular formula is C14H18ClNO3S. The Kier molecular flexibility index (Phi) is 5.05. The zero-order valence-corrected chi connectivity index (χ0v) is 12.9. The largest absolute Gasteiger partial charge is 0.481 e. The van der Waals surface area contributed by atoms with Crippen molar-refractivity contribution in [1.82, 2.24) is 4.90 Å². The average molecular weight is 316 g/mol. The van der Waals surface area contributed by atoms with Crippen LogP contribution in [0.25, 0.3) is 0 Å². The third-order valence-electron chi connectivity index (χ3n) is 3.80. The van der Waals surface area contributed by atoms with Crippen LogP contribution in [0.5, 0.6) is 0 Å². The maximum Gasteiger partial charge on any atom is 0.306 e. The summed E-state index contributed by atoms with van der Waals surface area (Å²) in [5.74, 6) is -1.22. The Labute approximate surface area is 127 Å². The van der Waals surface area contributed by atoms with Gasteiger partial charge in [-0.15, -0.1) is 11.3 Å². The van der Waals surface area contributed by atoms with E-state index >= 15 is 0 Å². The van der Waals surface area contributed by atoms with Crippen molar-refractivity contribution in [2.75, 3.05) is 6.54 Å². The van der Waals surface area contributed by atoms with Gasteiger partial charge in [-0.3, -0.25) is 9.59 Å². The number of amides is 1. The van der Waals surface area contributed by atoms with Gasteiger partial charge >= 0.3 is 5.97 Å². The summed E-state index contributed by atoms with van der Waals surface area (Å²) in [4.78, 5) is 26.3. The molecule has 0 aliphatic heterocycles. The number of halogens is 1. The SMILES string of the molecule is CCN(Cc1ccc(Cl)s1)C(=O)C1CCC(C(=O)O)C1. The maximum absolute atomic E-state index is 12.5. The Bertz CT molecular complexity index is 502. The van der Waals surface area contributed by atoms with Crippen LogP contribution < -0.4 is 0 Å². The minimum atomic E-state index is -0.784. The number of carbonyl (C=O) groups excluding carboxylic acids is 1. The fourth-order valence-electron chi connectivity index (χ4n) is 2.66. The van der Waals surface area contributed by atoms with Crippen molar-refractivity contribution in [3.8, 4) is 0 Å². The highest BCUT2D eigenvalue weighted by Crippen LogP contribution is 2.33. The van der Waals surface area contributed by atoms with Gasteiger partial charge in [-0.2, -0.15) is 0 Å². The number of hydrogen-bond donors (Lipinski definition) is 1. The second-order valence-corrected chi connectivity index (χ2v) is 6.90. The van der Waals surface area contributed by atoms with Gasteiger partial charge in [0.2, 0.25) is 5.91 Å². The van der Waals surface area contributed by atoms with Crippen LogP contribution >= 0.6 is 22.9 Å². The average Bonchev–Trinajstić information content (AvgIpc) is 3.04. The van der Waals surface area contributed by atoms with E-state index in [4.69, 9.17) is 16.7 Å². The second-order valence-electron chi connectivity index (χ2n) is 5.10. The summed E-state index contributed by atoms with van der Waals surface area (Å²) in [6.07, 6.45) is 1.75. The van der Waals surface area contributed by atoms with E-state index in [1.54, 1.807) is 4.90 Å². The van der Waals surface area contributed by atoms with Crippen LogP contribution in [0.1, 0.15) is 31.1 Å². The third-order valence-corrected chi connectivity index (χ3v) is 5.02. The normalized spacial score (nSPS) is 21.9. The van der Waals surface area contributed by atoms with Crippen LogP contribution in [0.3, 0.4) is 0 Å². The van der Waals surface area contributed by atoms with Crippen molar-refractivity contribution in [1.29, 1.82) is 0 Å². The monoisotopic (exact) mass is 315 g/mol. The lowest BCUT2D eigenvalue weighted by atomic mass is 10.0. The van der Waals surface area contributed by atoms with Crippen molar-refractivity contribution in [3.63, 3.8) is 0 Å². The van der Waals surface area contributed by atoms with E-state index in [2.05, 4.69) is 0 Å². The number of rotatable bonds is 5. The highest BCUT2D eigenvalue weighted by Gasteiger charge is 2.35. The first-order valence-corrected chi connectivity index (χ1v) is 7.96. The molecule has 2 atom stereocenters. The molecular weight excluding hydrogens is 298 g/mol. The number of carboxylic acid groups (broad SMARTS) is 1. The molecule has 1 aromatic rings. The summed E-state index contributed by atoms with van der Waals surface area (Å²) in [7, 11) is 0. The maximum atomic E-state index is 12.5. The van der Waals surface area contributed by atoms with Crippen LogP contribution in [-0.4, -0.2) is 28.4 Å². The van der Waals surface area contributed by atoms with Crippen LogP contribution in [0.2, 0.25) is 4.34 Å². The van der Waals surface area contributed by atoms with Gasteiger partial charge in [-0.05, 0) is 38.3 Å². The van der Waals surface area contributed by atoms with Gasteiger partial charge in [-0.1, -0.05) is 11.6 Å². The van der Waals surface area contributed by atoms with Crippen molar-refractivity contribution in [2.24, 2.45) is 11.8 Å². The third kappa shape index (κ3) is 3.52. The zero-order chi connectivity index (χ0) is 14.7. The van der Waals surface area contributed by atoms with E-state index in [0.29, 0.717) is 32.4 Å². The summed E-state index contributed by atoms with van der Waals surface area (Å²) in [6.45, 7) is 3.13. The first kappa shape index (κ1) is 15.3. The summed E-state index contributed by atoms with van der Waals surface area (Å²) in [6, 6.07) is 3.76. The first-order valence-electron chi connectivity index (χ1n) is 6.77. The molecule has 0 radical (unpaired) electrons. The fraction of sp³-hybridized carbons (Fsp3) is 0.571. The number of hydrogen-bond acceptors (Lipinski definition) is 3. The van der Waals surface area contributed by atoms with Crippen LogP contribution in [-0.2, 0) is 16.1 Å². The summed E-state index contributed by atoms with van der Waals surface area (Å²) >= 11 is 7.37. The van der Waals surface area contributed by atoms with E-state index in [-0.39, 0.29) is 17.7 Å². The van der Waals surface area contributed by atoms with Crippen LogP contribution in [0, 0.1) is 11.8 Å². The standard InChI is InChI=1S/C14H18ClNO3S/c1-2-16(8-11-5-6-12(15)20-11)13(17)9-3-4-10(7-9)14(18)19/h5-6,9-10H,2-4,7-8H2,1H3,(H,18,19). The summed E-state index contributed by atoms with van der Waals surface area (Å²) in [5.41, 5.74) is 0. The molecule has 1 N–H and O–H groups in total. The van der Waals surface area contributed by atoms with E-state index < -0.39 is 5.97 Å². The van der Waals surface area contributed by atoms with Gasteiger partial charge in [0.25, 0.3) is 0 Å². The highest BCUT2D eigenvalue weighted by molar-refractivity contribution is 7.16. The van der Waals surface area contributed by atoms with E-state index in [9.17, 15) is 9.59 Å². The smallest absolute Gasteiger partial charge is 0.306 e. The molecule has 0 saturated heterocycles. The first-order chi connectivity index (χ1) is 9.51. The molecule has 1 amide bonds. The van der Waals surface area contributed by atoms with E-state index in [0.717, 1.165) is 9.21 Å². The number of carbonyl (C=O) groups is 2. The molecule has 1 aliphatic carbocycles. The zero-order valence-electron chi connectivity index (χ0n) is 11.3. The molecule has 1 saturated carbocycles. The molecule has 1 aliphatic rings. The molecule has 0 aromatic carbocycles. The Morgan fingerprint density at radius 3 is 2.60 bits per heavy atom. The molecule has 1 aromatic heterocycles. The van der Waals surface area contributed by atoms with Crippen LogP contribution in [0.4, 0.5) is 0 Å². The van der Waals surface area contributed by atoms with Crippen molar-refractivity contribution < 1.29 is 14.7 Å². The van der Waals surface area contributed by atoms with Gasteiger partial charge in [-0.25, -0.2) is 0 Å². The number of nitrogens with zero attached hydrogens (tertiary/aromatic N) is 1. The number of thiophene rings is 1. The molecule has 20 heavy (non-hydrogen) atoms. The molecule has 6 heteroatoms. The lowest BCUT2D eigenvalue weighted by Gasteiger charge is -2.23. The molecule has 1 heterocycles. The van der Waals surface area contributed by atoms with Crippen molar-refractivity contribution in [3.05, 3.63) is 21.3 Å². The van der Waals surface area contributed by atoms with Gasteiger partial charge in [0.1, 0.15) is 0 Å². The Hall–Kier alpha value is -1.07. The molecule has 0 bridgehead atoms. The van der Waals surface area contributed by atoms with Gasteiger partial charge < -0.3 is 10.0 Å². The lowest BCUT2D eigenvalue weighted by molar-refractivity contribution is -0.141. The number of carboxylic acids is 1. The van der Waals surface area contributed by atoms with Crippen molar-refractivity contribution in [2.45, 2.75) is 32.7 Å². The topological polar surface area (TPSA) is 57.6 Å². The minimum Gasteiger partial charge on any atom is -0.481 e. The fourth-order valence-corrected chi connectivity index (χ4v) is 3.76. The Morgan fingerprint density at radius 2 is 2.10 bits per heavy atom. The molecule has 2 unspecified atom stereocenters. The molecule has 1 fully saturated rings. The van der Waals surface area contributed by atoms with Gasteiger partial charge in [0.05, 0.1) is 16.8 Å². The van der Waals surface area contributed by atoms with E-state index in [1.165, 1.54) is 11.3 Å². The van der Waals surface area contributed by atoms with Gasteiger partial charge in [0.15, 0.2) is 0 Å². The lowest BCUT2D eigenvalue weighted by Crippen LogP contribution is -2.34. The molecule has 0 spiro atoms. The molecule has 2 rings (SSSR count). The second kappa shape index (κ2) is 6.59. The quantitative estimate of drug-likeness (QED) is 0.907. The molecule has 110 valence electrons. The van der Waals surface area contributed by atoms with Gasteiger partial charge in [0, 0.05) is 17.3 Å². The highest BCUT2D eigenvalue weighted by atomic mass is 35.5. The summed E-state index contributed by atoms with van der Waals surface area (Å²) < 4.78 is 0.718. The molecule has 4 nitrogen and oxygen atoms in total. The van der Waals surface area contributed by atoms with Crippen LogP contribution in [0.15, 0.2) is 12.1 Å². The van der Waals surface area contributed by atoms with Crippen molar-refractivity contribution >= 4 is 34.8 Å². The van der Waals surface area contributed by atoms with E-state index in [1.807, 2.05) is 19.1 Å². The Balaban J connectivity index is 1.97. The Morgan fingerprint density at radius 1 is 1.40 bits per heavy atom. The summed E-state index contributed by atoms with van der Waals surface area (Å²) in [5, 5.41) is 9.01.